The van der Waals surface area contributed by atoms with Crippen LogP contribution >= 0.6 is 0 Å². The van der Waals surface area contributed by atoms with Crippen molar-refractivity contribution in [2.24, 2.45) is 0 Å². The van der Waals surface area contributed by atoms with Gasteiger partial charge in [0.05, 0.1) is 27.9 Å². The van der Waals surface area contributed by atoms with Gasteiger partial charge in [-0.2, -0.15) is 0 Å². The Hall–Kier alpha value is -4.12. The molecule has 8 heteroatoms. The Morgan fingerprint density at radius 1 is 1.12 bits per heavy atom. The Labute approximate surface area is 187 Å². The first-order chi connectivity index (χ1) is 15.5. The molecule has 1 aliphatic heterocycles. The number of hydrogen-bond donors (Lipinski definition) is 2. The van der Waals surface area contributed by atoms with E-state index in [1.165, 1.54) is 27.4 Å². The summed E-state index contributed by atoms with van der Waals surface area (Å²) in [5.41, 5.74) is 2.36. The van der Waals surface area contributed by atoms with Gasteiger partial charge in [0.2, 0.25) is 11.7 Å². The highest BCUT2D eigenvalue weighted by Gasteiger charge is 2.20. The van der Waals surface area contributed by atoms with Crippen molar-refractivity contribution in [2.75, 3.05) is 45.9 Å². The molecule has 1 aliphatic rings. The fourth-order valence-corrected chi connectivity index (χ4v) is 3.15. The van der Waals surface area contributed by atoms with Crippen LogP contribution in [-0.4, -0.2) is 52.9 Å². The molecule has 2 aromatic carbocycles. The SMILES string of the molecule is COc1cc(/C=C/C(=O)NCC#Cc2ccc(N3CCNC3=O)cc2)cc(OC)c1OC. The van der Waals surface area contributed by atoms with Gasteiger partial charge in [0.25, 0.3) is 0 Å². The normalized spacial score (nSPS) is 12.7. The summed E-state index contributed by atoms with van der Waals surface area (Å²) in [4.78, 5) is 25.5. The standard InChI is InChI=1S/C24H25N3O5/c1-30-20-15-18(16-21(31-2)23(20)32-3)8-11-22(28)25-12-4-5-17-6-9-19(10-7-17)27-14-13-26-24(27)29/h6-11,15-16H,12-14H2,1-3H3,(H,25,28)(H,26,29)/b11-8+. The highest BCUT2D eigenvalue weighted by Crippen LogP contribution is 2.38. The van der Waals surface area contributed by atoms with Crippen LogP contribution in [0.15, 0.2) is 42.5 Å². The van der Waals surface area contributed by atoms with Crippen molar-refractivity contribution in [3.63, 3.8) is 0 Å². The molecule has 0 atom stereocenters. The van der Waals surface area contributed by atoms with Crippen LogP contribution in [0.25, 0.3) is 6.08 Å². The first kappa shape index (κ1) is 22.6. The lowest BCUT2D eigenvalue weighted by Gasteiger charge is -2.13. The number of amides is 3. The van der Waals surface area contributed by atoms with Crippen molar-refractivity contribution < 1.29 is 23.8 Å². The second kappa shape index (κ2) is 10.8. The highest BCUT2D eigenvalue weighted by molar-refractivity contribution is 5.94. The zero-order valence-corrected chi connectivity index (χ0v) is 18.2. The van der Waals surface area contributed by atoms with E-state index in [1.807, 2.05) is 24.3 Å². The topological polar surface area (TPSA) is 89.1 Å². The van der Waals surface area contributed by atoms with E-state index in [9.17, 15) is 9.59 Å². The number of anilines is 1. The Balaban J connectivity index is 1.54. The summed E-state index contributed by atoms with van der Waals surface area (Å²) in [5, 5.41) is 5.48. The Kier molecular flexibility index (Phi) is 7.60. The summed E-state index contributed by atoms with van der Waals surface area (Å²) in [6.45, 7) is 1.50. The van der Waals surface area contributed by atoms with Crippen molar-refractivity contribution in [3.05, 3.63) is 53.6 Å². The van der Waals surface area contributed by atoms with Crippen LogP contribution < -0.4 is 29.7 Å². The average molecular weight is 435 g/mol. The lowest BCUT2D eigenvalue weighted by Crippen LogP contribution is -2.27. The summed E-state index contributed by atoms with van der Waals surface area (Å²) < 4.78 is 15.9. The van der Waals surface area contributed by atoms with E-state index in [-0.39, 0.29) is 18.5 Å². The van der Waals surface area contributed by atoms with Crippen molar-refractivity contribution in [1.29, 1.82) is 0 Å². The maximum Gasteiger partial charge on any atom is 0.321 e. The molecule has 0 radical (unpaired) electrons. The van der Waals surface area contributed by atoms with E-state index in [2.05, 4.69) is 22.5 Å². The van der Waals surface area contributed by atoms with Crippen LogP contribution in [0.3, 0.4) is 0 Å². The predicted octanol–water partition coefficient (Wildman–Crippen LogP) is 2.42. The number of hydrogen-bond acceptors (Lipinski definition) is 5. The third-order valence-corrected chi connectivity index (χ3v) is 4.73. The number of nitrogens with one attached hydrogen (secondary N) is 2. The number of benzene rings is 2. The highest BCUT2D eigenvalue weighted by atomic mass is 16.5. The van der Waals surface area contributed by atoms with Crippen molar-refractivity contribution in [3.8, 4) is 29.1 Å². The molecule has 0 aromatic heterocycles. The van der Waals surface area contributed by atoms with E-state index in [0.29, 0.717) is 30.3 Å². The van der Waals surface area contributed by atoms with Gasteiger partial charge in [-0.15, -0.1) is 0 Å². The summed E-state index contributed by atoms with van der Waals surface area (Å²) in [5.74, 6) is 7.14. The number of carbonyl (C=O) groups is 2. The molecule has 166 valence electrons. The Morgan fingerprint density at radius 3 is 2.38 bits per heavy atom. The molecule has 0 unspecified atom stereocenters. The van der Waals surface area contributed by atoms with E-state index in [1.54, 1.807) is 23.1 Å². The number of urea groups is 1. The lowest BCUT2D eigenvalue weighted by molar-refractivity contribution is -0.116. The van der Waals surface area contributed by atoms with Crippen LogP contribution in [-0.2, 0) is 4.79 Å². The summed E-state index contributed by atoms with van der Waals surface area (Å²) >= 11 is 0. The van der Waals surface area contributed by atoms with Crippen molar-refractivity contribution in [1.82, 2.24) is 10.6 Å². The molecule has 2 aromatic rings. The lowest BCUT2D eigenvalue weighted by atomic mass is 10.1. The zero-order chi connectivity index (χ0) is 22.9. The fraction of sp³-hybridized carbons (Fsp3) is 0.250. The summed E-state index contributed by atoms with van der Waals surface area (Å²) in [6.07, 6.45) is 3.07. The summed E-state index contributed by atoms with van der Waals surface area (Å²) in [6, 6.07) is 10.8. The molecular formula is C24H25N3O5. The molecule has 0 aliphatic carbocycles. The van der Waals surface area contributed by atoms with Crippen LogP contribution in [0.5, 0.6) is 17.2 Å². The minimum atomic E-state index is -0.275. The van der Waals surface area contributed by atoms with Crippen molar-refractivity contribution >= 4 is 23.7 Å². The third kappa shape index (κ3) is 5.52. The van der Waals surface area contributed by atoms with Crippen molar-refractivity contribution in [2.45, 2.75) is 0 Å². The Morgan fingerprint density at radius 2 is 1.81 bits per heavy atom. The molecule has 1 heterocycles. The van der Waals surface area contributed by atoms with Gasteiger partial charge in [0.1, 0.15) is 0 Å². The molecule has 8 nitrogen and oxygen atoms in total. The predicted molar refractivity (Wildman–Crippen MR) is 122 cm³/mol. The van der Waals surface area contributed by atoms with Gasteiger partial charge in [-0.1, -0.05) is 11.8 Å². The molecule has 1 saturated heterocycles. The van der Waals surface area contributed by atoms with Gasteiger partial charge in [0, 0.05) is 30.4 Å². The smallest absolute Gasteiger partial charge is 0.321 e. The largest absolute Gasteiger partial charge is 0.493 e. The van der Waals surface area contributed by atoms with Gasteiger partial charge >= 0.3 is 6.03 Å². The van der Waals surface area contributed by atoms with Gasteiger partial charge in [-0.05, 0) is 48.0 Å². The average Bonchev–Trinajstić information content (AvgIpc) is 3.25. The number of carbonyl (C=O) groups excluding carboxylic acids is 2. The van der Waals surface area contributed by atoms with E-state index in [0.717, 1.165) is 16.8 Å². The molecule has 2 N–H and O–H groups in total. The number of rotatable bonds is 7. The molecule has 32 heavy (non-hydrogen) atoms. The molecule has 3 rings (SSSR count). The van der Waals surface area contributed by atoms with Gasteiger partial charge in [-0.25, -0.2) is 4.79 Å². The van der Waals surface area contributed by atoms with Crippen LogP contribution in [0.4, 0.5) is 10.5 Å². The maximum absolute atomic E-state index is 12.1. The van der Waals surface area contributed by atoms with Gasteiger partial charge in [0.15, 0.2) is 11.5 Å². The quantitative estimate of drug-likeness (QED) is 0.515. The van der Waals surface area contributed by atoms with E-state index < -0.39 is 0 Å². The maximum atomic E-state index is 12.1. The molecule has 3 amide bonds. The second-order valence-corrected chi connectivity index (χ2v) is 6.74. The molecule has 0 spiro atoms. The molecule has 1 fully saturated rings. The van der Waals surface area contributed by atoms with Gasteiger partial charge < -0.3 is 24.8 Å². The van der Waals surface area contributed by atoms with Gasteiger partial charge in [-0.3, -0.25) is 9.69 Å². The van der Waals surface area contributed by atoms with E-state index in [4.69, 9.17) is 14.2 Å². The fourth-order valence-electron chi connectivity index (χ4n) is 3.15. The zero-order valence-electron chi connectivity index (χ0n) is 18.2. The van der Waals surface area contributed by atoms with Crippen LogP contribution in [0.1, 0.15) is 11.1 Å². The van der Waals surface area contributed by atoms with E-state index >= 15 is 0 Å². The minimum absolute atomic E-state index is 0.0915. The van der Waals surface area contributed by atoms with Crippen LogP contribution in [0.2, 0.25) is 0 Å². The number of methoxy groups -OCH3 is 3. The summed E-state index contributed by atoms with van der Waals surface area (Å²) in [7, 11) is 4.60. The number of ether oxygens (including phenoxy) is 3. The first-order valence-electron chi connectivity index (χ1n) is 9.96. The molecule has 0 bridgehead atoms. The Bertz CT molecular complexity index is 1040. The monoisotopic (exact) mass is 435 g/mol. The first-order valence-corrected chi connectivity index (χ1v) is 9.96. The minimum Gasteiger partial charge on any atom is -0.493 e. The number of nitrogens with zero attached hydrogens (tertiary/aromatic N) is 1. The van der Waals surface area contributed by atoms with Crippen LogP contribution in [0, 0.1) is 11.8 Å². The molecular weight excluding hydrogens is 410 g/mol. The molecule has 0 saturated carbocycles. The third-order valence-electron chi connectivity index (χ3n) is 4.73. The second-order valence-electron chi connectivity index (χ2n) is 6.74.